The molecule has 1 unspecified atom stereocenters. The Balaban J connectivity index is 1.78. The number of likely N-dealkylation sites (N-methyl/N-ethyl adjacent to an activating group) is 1. The van der Waals surface area contributed by atoms with E-state index < -0.39 is 0 Å². The van der Waals surface area contributed by atoms with Crippen LogP contribution in [0.5, 0.6) is 0 Å². The molecule has 0 aromatic heterocycles. The molecule has 6 heteroatoms. The number of likely N-dealkylation sites (tertiary alicyclic amines) is 1. The minimum atomic E-state index is -0.125. The van der Waals surface area contributed by atoms with E-state index in [1.54, 1.807) is 0 Å². The lowest BCUT2D eigenvalue weighted by molar-refractivity contribution is -0.137. The SMILES string of the molecule is CCN1CCN(C(=O)C2CC(=O)N(CCCN(C)C)C2)CC1. The smallest absolute Gasteiger partial charge is 0.228 e. The Morgan fingerprint density at radius 3 is 2.50 bits per heavy atom. The molecule has 0 bridgehead atoms. The van der Waals surface area contributed by atoms with E-state index >= 15 is 0 Å². The van der Waals surface area contributed by atoms with Crippen molar-refractivity contribution in [1.82, 2.24) is 19.6 Å². The molecule has 0 aliphatic carbocycles. The van der Waals surface area contributed by atoms with E-state index in [0.717, 1.165) is 52.2 Å². The van der Waals surface area contributed by atoms with E-state index in [1.807, 2.05) is 23.9 Å². The van der Waals surface area contributed by atoms with E-state index in [4.69, 9.17) is 0 Å². The molecule has 0 spiro atoms. The number of hydrogen-bond acceptors (Lipinski definition) is 4. The fraction of sp³-hybridized carbons (Fsp3) is 0.875. The molecule has 126 valence electrons. The van der Waals surface area contributed by atoms with Crippen molar-refractivity contribution in [3.8, 4) is 0 Å². The summed E-state index contributed by atoms with van der Waals surface area (Å²) in [5.74, 6) is 0.198. The number of nitrogens with zero attached hydrogens (tertiary/aromatic N) is 4. The third-order valence-electron chi connectivity index (χ3n) is 4.73. The van der Waals surface area contributed by atoms with Gasteiger partial charge in [-0.25, -0.2) is 0 Å². The summed E-state index contributed by atoms with van der Waals surface area (Å²) >= 11 is 0. The quantitative estimate of drug-likeness (QED) is 0.690. The zero-order valence-corrected chi connectivity index (χ0v) is 14.3. The van der Waals surface area contributed by atoms with E-state index in [2.05, 4.69) is 16.7 Å². The summed E-state index contributed by atoms with van der Waals surface area (Å²) in [6.45, 7) is 9.06. The van der Waals surface area contributed by atoms with Crippen molar-refractivity contribution in [3.63, 3.8) is 0 Å². The lowest BCUT2D eigenvalue weighted by atomic mass is 10.1. The molecule has 2 saturated heterocycles. The van der Waals surface area contributed by atoms with Crippen LogP contribution in [0.3, 0.4) is 0 Å². The Kier molecular flexibility index (Phi) is 6.20. The number of carbonyl (C=O) groups is 2. The molecule has 0 radical (unpaired) electrons. The lowest BCUT2D eigenvalue weighted by Gasteiger charge is -2.35. The van der Waals surface area contributed by atoms with Crippen LogP contribution in [0, 0.1) is 5.92 Å². The van der Waals surface area contributed by atoms with Crippen LogP contribution in [0.15, 0.2) is 0 Å². The van der Waals surface area contributed by atoms with Crippen molar-refractivity contribution in [2.24, 2.45) is 5.92 Å². The van der Waals surface area contributed by atoms with Crippen LogP contribution in [0.1, 0.15) is 19.8 Å². The first-order valence-electron chi connectivity index (χ1n) is 8.45. The zero-order valence-electron chi connectivity index (χ0n) is 14.3. The van der Waals surface area contributed by atoms with Gasteiger partial charge in [-0.2, -0.15) is 0 Å². The summed E-state index contributed by atoms with van der Waals surface area (Å²) in [5.41, 5.74) is 0. The van der Waals surface area contributed by atoms with Gasteiger partial charge in [0.05, 0.1) is 5.92 Å². The van der Waals surface area contributed by atoms with Gasteiger partial charge in [-0.05, 0) is 33.6 Å². The Hall–Kier alpha value is -1.14. The minimum Gasteiger partial charge on any atom is -0.342 e. The average Bonchev–Trinajstić information content (AvgIpc) is 2.87. The largest absolute Gasteiger partial charge is 0.342 e. The van der Waals surface area contributed by atoms with Crippen LogP contribution < -0.4 is 0 Å². The first-order valence-corrected chi connectivity index (χ1v) is 8.45. The highest BCUT2D eigenvalue weighted by atomic mass is 16.2. The maximum atomic E-state index is 12.6. The Morgan fingerprint density at radius 2 is 1.91 bits per heavy atom. The minimum absolute atomic E-state index is 0.125. The molecular weight excluding hydrogens is 280 g/mol. The predicted molar refractivity (Wildman–Crippen MR) is 86.6 cm³/mol. The predicted octanol–water partition coefficient (Wildman–Crippen LogP) is -0.0493. The molecule has 2 aliphatic heterocycles. The number of hydrogen-bond donors (Lipinski definition) is 0. The molecule has 2 heterocycles. The van der Waals surface area contributed by atoms with Crippen molar-refractivity contribution < 1.29 is 9.59 Å². The van der Waals surface area contributed by atoms with Crippen molar-refractivity contribution in [2.75, 3.05) is 66.5 Å². The molecular formula is C16H30N4O2. The molecule has 22 heavy (non-hydrogen) atoms. The van der Waals surface area contributed by atoms with E-state index in [-0.39, 0.29) is 17.7 Å². The summed E-state index contributed by atoms with van der Waals surface area (Å²) in [4.78, 5) is 33.0. The van der Waals surface area contributed by atoms with Gasteiger partial charge in [0.15, 0.2) is 0 Å². The van der Waals surface area contributed by atoms with Crippen molar-refractivity contribution in [2.45, 2.75) is 19.8 Å². The van der Waals surface area contributed by atoms with Gasteiger partial charge in [-0.1, -0.05) is 6.92 Å². The summed E-state index contributed by atoms with van der Waals surface area (Å²) in [7, 11) is 4.07. The van der Waals surface area contributed by atoms with Gasteiger partial charge >= 0.3 is 0 Å². The molecule has 0 N–H and O–H groups in total. The fourth-order valence-electron chi connectivity index (χ4n) is 3.27. The highest BCUT2D eigenvalue weighted by Crippen LogP contribution is 2.21. The number of amides is 2. The van der Waals surface area contributed by atoms with Gasteiger partial charge in [0.2, 0.25) is 11.8 Å². The van der Waals surface area contributed by atoms with Crippen LogP contribution >= 0.6 is 0 Å². The van der Waals surface area contributed by atoms with Crippen LogP contribution in [0.2, 0.25) is 0 Å². The van der Waals surface area contributed by atoms with Gasteiger partial charge in [0.25, 0.3) is 0 Å². The van der Waals surface area contributed by atoms with E-state index in [0.29, 0.717) is 13.0 Å². The lowest BCUT2D eigenvalue weighted by Crippen LogP contribution is -2.50. The second-order valence-corrected chi connectivity index (χ2v) is 6.66. The van der Waals surface area contributed by atoms with E-state index in [9.17, 15) is 9.59 Å². The van der Waals surface area contributed by atoms with Crippen molar-refractivity contribution >= 4 is 11.8 Å². The highest BCUT2D eigenvalue weighted by molar-refractivity contribution is 5.89. The topological polar surface area (TPSA) is 47.1 Å². The summed E-state index contributed by atoms with van der Waals surface area (Å²) in [6.07, 6.45) is 1.36. The number of carbonyl (C=O) groups excluding carboxylic acids is 2. The summed E-state index contributed by atoms with van der Waals surface area (Å²) in [5, 5.41) is 0. The van der Waals surface area contributed by atoms with Crippen molar-refractivity contribution in [3.05, 3.63) is 0 Å². The van der Waals surface area contributed by atoms with Gasteiger partial charge in [-0.15, -0.1) is 0 Å². The molecule has 2 aliphatic rings. The van der Waals surface area contributed by atoms with E-state index in [1.165, 1.54) is 0 Å². The van der Waals surface area contributed by atoms with Crippen LogP contribution in [-0.4, -0.2) is 97.9 Å². The van der Waals surface area contributed by atoms with Gasteiger partial charge in [0.1, 0.15) is 0 Å². The second-order valence-electron chi connectivity index (χ2n) is 6.66. The van der Waals surface area contributed by atoms with Gasteiger partial charge in [0, 0.05) is 45.7 Å². The summed E-state index contributed by atoms with van der Waals surface area (Å²) < 4.78 is 0. The van der Waals surface area contributed by atoms with Gasteiger partial charge < -0.3 is 19.6 Å². The first kappa shape index (κ1) is 17.2. The third kappa shape index (κ3) is 4.43. The maximum Gasteiger partial charge on any atom is 0.228 e. The fourth-order valence-corrected chi connectivity index (χ4v) is 3.27. The second kappa shape index (κ2) is 7.92. The van der Waals surface area contributed by atoms with Crippen molar-refractivity contribution in [1.29, 1.82) is 0 Å². The Bertz CT molecular complexity index is 392. The molecule has 6 nitrogen and oxygen atoms in total. The normalized spacial score (nSPS) is 23.6. The molecule has 2 fully saturated rings. The molecule has 0 aromatic carbocycles. The maximum absolute atomic E-state index is 12.6. The first-order chi connectivity index (χ1) is 10.5. The molecule has 0 saturated carbocycles. The molecule has 0 aromatic rings. The third-order valence-corrected chi connectivity index (χ3v) is 4.73. The highest BCUT2D eigenvalue weighted by Gasteiger charge is 2.36. The molecule has 2 rings (SSSR count). The number of piperazine rings is 1. The van der Waals surface area contributed by atoms with Gasteiger partial charge in [-0.3, -0.25) is 9.59 Å². The molecule has 2 amide bonds. The zero-order chi connectivity index (χ0) is 16.1. The van der Waals surface area contributed by atoms with Crippen LogP contribution in [-0.2, 0) is 9.59 Å². The van der Waals surface area contributed by atoms with Crippen LogP contribution in [0.25, 0.3) is 0 Å². The Morgan fingerprint density at radius 1 is 1.23 bits per heavy atom. The standard InChI is InChI=1S/C16H30N4O2/c1-4-18-8-10-19(11-9-18)16(22)14-12-15(21)20(13-14)7-5-6-17(2)3/h14H,4-13H2,1-3H3. The summed E-state index contributed by atoms with van der Waals surface area (Å²) in [6, 6.07) is 0. The monoisotopic (exact) mass is 310 g/mol. The number of rotatable bonds is 6. The molecule has 1 atom stereocenters. The Labute approximate surface area is 134 Å². The van der Waals surface area contributed by atoms with Crippen LogP contribution in [0.4, 0.5) is 0 Å². The average molecular weight is 310 g/mol.